The highest BCUT2D eigenvalue weighted by Gasteiger charge is 2.19. The van der Waals surface area contributed by atoms with E-state index in [-0.39, 0.29) is 18.1 Å². The van der Waals surface area contributed by atoms with Crippen LogP contribution in [0.1, 0.15) is 21.2 Å². The van der Waals surface area contributed by atoms with E-state index in [0.29, 0.717) is 20.9 Å². The molecular formula is C15H10BrN3O4S. The Morgan fingerprint density at radius 2 is 2.29 bits per heavy atom. The number of hydrogen-bond acceptors (Lipinski definition) is 6. The van der Waals surface area contributed by atoms with Gasteiger partial charge in [-0.3, -0.25) is 4.79 Å². The Morgan fingerprint density at radius 3 is 2.96 bits per heavy atom. The highest BCUT2D eigenvalue weighted by atomic mass is 79.9. The highest BCUT2D eigenvalue weighted by molar-refractivity contribution is 9.10. The molecule has 3 rings (SSSR count). The Bertz CT molecular complexity index is 911. The number of rotatable bonds is 6. The molecule has 3 aromatic rings. The zero-order valence-corrected chi connectivity index (χ0v) is 14.5. The third-order valence-corrected chi connectivity index (χ3v) is 4.48. The molecule has 0 N–H and O–H groups in total. The van der Waals surface area contributed by atoms with Crippen LogP contribution in [0.4, 0.5) is 5.82 Å². The van der Waals surface area contributed by atoms with Gasteiger partial charge in [-0.15, -0.1) is 11.3 Å². The van der Waals surface area contributed by atoms with Crippen LogP contribution in [0.25, 0.3) is 6.08 Å². The first-order chi connectivity index (χ1) is 11.5. The molecule has 0 aromatic carbocycles. The van der Waals surface area contributed by atoms with Gasteiger partial charge in [-0.2, -0.15) is 4.68 Å². The van der Waals surface area contributed by atoms with Crippen LogP contribution < -0.4 is 0 Å². The van der Waals surface area contributed by atoms with Crippen molar-refractivity contribution in [3.63, 3.8) is 0 Å². The first kappa shape index (κ1) is 16.3. The van der Waals surface area contributed by atoms with Crippen molar-refractivity contribution in [1.82, 2.24) is 9.78 Å². The monoisotopic (exact) mass is 407 g/mol. The summed E-state index contributed by atoms with van der Waals surface area (Å²) < 4.78 is 7.30. The van der Waals surface area contributed by atoms with Gasteiger partial charge in [-0.25, -0.2) is 0 Å². The number of aromatic nitrogens is 2. The molecule has 0 spiro atoms. The smallest absolute Gasteiger partial charge is 0.404 e. The first-order valence-corrected chi connectivity index (χ1v) is 8.42. The maximum atomic E-state index is 11.9. The summed E-state index contributed by atoms with van der Waals surface area (Å²) in [5.74, 6) is 0.761. The first-order valence-electron chi connectivity index (χ1n) is 6.75. The van der Waals surface area contributed by atoms with Crippen molar-refractivity contribution in [2.75, 3.05) is 0 Å². The Kier molecular flexibility index (Phi) is 4.72. The number of nitro groups is 1. The molecule has 3 heterocycles. The van der Waals surface area contributed by atoms with Gasteiger partial charge in [0, 0.05) is 0 Å². The summed E-state index contributed by atoms with van der Waals surface area (Å²) in [6.45, 7) is 0.249. The molecule has 0 aliphatic heterocycles. The molecule has 0 fully saturated rings. The quantitative estimate of drug-likeness (QED) is 0.265. The average molecular weight is 408 g/mol. The maximum absolute atomic E-state index is 11.9. The molecule has 0 unspecified atom stereocenters. The van der Waals surface area contributed by atoms with Gasteiger partial charge in [0.1, 0.15) is 22.5 Å². The van der Waals surface area contributed by atoms with Crippen molar-refractivity contribution in [3.8, 4) is 0 Å². The zero-order valence-electron chi connectivity index (χ0n) is 12.1. The van der Waals surface area contributed by atoms with Crippen LogP contribution >= 0.6 is 27.3 Å². The van der Waals surface area contributed by atoms with E-state index in [1.165, 1.54) is 28.3 Å². The van der Waals surface area contributed by atoms with Crippen LogP contribution in [0.2, 0.25) is 0 Å². The zero-order chi connectivity index (χ0) is 17.1. The summed E-state index contributed by atoms with van der Waals surface area (Å²) in [5.41, 5.74) is 0. The van der Waals surface area contributed by atoms with Gasteiger partial charge in [0.05, 0.1) is 16.2 Å². The standard InChI is InChI=1S/C15H10BrN3O4S/c16-12-9-18(17-15(12)19(21)22)8-11-4-3-10(23-11)5-6-13(20)14-2-1-7-24-14/h1-7,9H,8H2/b6-5+. The Balaban J connectivity index is 1.68. The van der Waals surface area contributed by atoms with Crippen molar-refractivity contribution in [2.24, 2.45) is 0 Å². The second-order valence-corrected chi connectivity index (χ2v) is 6.54. The van der Waals surface area contributed by atoms with E-state index in [1.54, 1.807) is 24.3 Å². The number of furan rings is 1. The number of allylic oxidation sites excluding steroid dienone is 1. The summed E-state index contributed by atoms with van der Waals surface area (Å²) in [6, 6.07) is 7.03. The molecule has 24 heavy (non-hydrogen) atoms. The number of halogens is 1. The molecular weight excluding hydrogens is 398 g/mol. The number of carbonyl (C=O) groups is 1. The molecule has 0 amide bonds. The molecule has 9 heteroatoms. The van der Waals surface area contributed by atoms with Crippen LogP contribution in [0.15, 0.2) is 50.8 Å². The molecule has 0 radical (unpaired) electrons. The van der Waals surface area contributed by atoms with Gasteiger partial charge in [0.15, 0.2) is 5.78 Å². The fourth-order valence-electron chi connectivity index (χ4n) is 1.98. The lowest BCUT2D eigenvalue weighted by Crippen LogP contribution is -2.00. The second-order valence-electron chi connectivity index (χ2n) is 4.73. The minimum absolute atomic E-state index is 0.0884. The summed E-state index contributed by atoms with van der Waals surface area (Å²) in [4.78, 5) is 22.8. The SMILES string of the molecule is O=C(/C=C/c1ccc(Cn2cc(Br)c([N+](=O)[O-])n2)o1)c1cccs1. The van der Waals surface area contributed by atoms with Crippen molar-refractivity contribution in [1.29, 1.82) is 0 Å². The molecule has 0 atom stereocenters. The van der Waals surface area contributed by atoms with Crippen molar-refractivity contribution >= 4 is 44.9 Å². The Morgan fingerprint density at radius 1 is 1.46 bits per heavy atom. The average Bonchev–Trinajstić information content (AvgIpc) is 3.26. The van der Waals surface area contributed by atoms with E-state index in [1.807, 2.05) is 11.4 Å². The van der Waals surface area contributed by atoms with E-state index >= 15 is 0 Å². The van der Waals surface area contributed by atoms with Gasteiger partial charge in [0.2, 0.25) is 0 Å². The predicted molar refractivity (Wildman–Crippen MR) is 92.1 cm³/mol. The van der Waals surface area contributed by atoms with E-state index in [4.69, 9.17) is 4.42 Å². The largest absolute Gasteiger partial charge is 0.460 e. The van der Waals surface area contributed by atoms with Crippen molar-refractivity contribution in [3.05, 3.63) is 72.9 Å². The molecule has 0 saturated heterocycles. The number of ketones is 1. The van der Waals surface area contributed by atoms with Crippen LogP contribution in [0.3, 0.4) is 0 Å². The van der Waals surface area contributed by atoms with Gasteiger partial charge in [0.25, 0.3) is 0 Å². The number of carbonyl (C=O) groups excluding carboxylic acids is 1. The van der Waals surface area contributed by atoms with E-state index in [0.717, 1.165) is 0 Å². The molecule has 0 saturated carbocycles. The Labute approximate surface area is 148 Å². The Hall–Kier alpha value is -2.52. The third kappa shape index (κ3) is 3.69. The number of thiophene rings is 1. The summed E-state index contributed by atoms with van der Waals surface area (Å²) in [5, 5.41) is 16.5. The van der Waals surface area contributed by atoms with Gasteiger partial charge in [-0.1, -0.05) is 6.07 Å². The fourth-order valence-corrected chi connectivity index (χ4v) is 3.08. The fraction of sp³-hybridized carbons (Fsp3) is 0.0667. The van der Waals surface area contributed by atoms with Gasteiger partial charge < -0.3 is 14.5 Å². The topological polar surface area (TPSA) is 91.2 Å². The molecule has 7 nitrogen and oxygen atoms in total. The summed E-state index contributed by atoms with van der Waals surface area (Å²) >= 11 is 4.47. The van der Waals surface area contributed by atoms with Crippen molar-refractivity contribution < 1.29 is 14.1 Å². The molecule has 0 bridgehead atoms. The maximum Gasteiger partial charge on any atom is 0.404 e. The number of hydrogen-bond donors (Lipinski definition) is 0. The third-order valence-electron chi connectivity index (χ3n) is 3.04. The molecule has 3 aromatic heterocycles. The van der Waals surface area contributed by atoms with Crippen LogP contribution in [0, 0.1) is 10.1 Å². The van der Waals surface area contributed by atoms with Crippen LogP contribution in [0.5, 0.6) is 0 Å². The van der Waals surface area contributed by atoms with E-state index in [2.05, 4.69) is 21.0 Å². The lowest BCUT2D eigenvalue weighted by Gasteiger charge is -1.92. The summed E-state index contributed by atoms with van der Waals surface area (Å²) in [7, 11) is 0. The molecule has 0 aliphatic carbocycles. The predicted octanol–water partition coefficient (Wildman–Crippen LogP) is 4.15. The number of nitrogens with zero attached hydrogens (tertiary/aromatic N) is 3. The molecule has 0 aliphatic rings. The van der Waals surface area contributed by atoms with E-state index in [9.17, 15) is 14.9 Å². The normalized spacial score (nSPS) is 11.2. The van der Waals surface area contributed by atoms with Crippen molar-refractivity contribution in [2.45, 2.75) is 6.54 Å². The highest BCUT2D eigenvalue weighted by Crippen LogP contribution is 2.23. The molecule has 122 valence electrons. The lowest BCUT2D eigenvalue weighted by atomic mass is 10.3. The van der Waals surface area contributed by atoms with Crippen LogP contribution in [-0.4, -0.2) is 20.5 Å². The lowest BCUT2D eigenvalue weighted by molar-refractivity contribution is -0.390. The summed E-state index contributed by atoms with van der Waals surface area (Å²) in [6.07, 6.45) is 4.55. The van der Waals surface area contributed by atoms with E-state index < -0.39 is 4.92 Å². The van der Waals surface area contributed by atoms with Crippen LogP contribution in [-0.2, 0) is 6.54 Å². The minimum atomic E-state index is -0.562. The van der Waals surface area contributed by atoms with Gasteiger partial charge in [-0.05, 0) is 56.6 Å². The van der Waals surface area contributed by atoms with Gasteiger partial charge >= 0.3 is 5.82 Å². The second kappa shape index (κ2) is 6.93. The minimum Gasteiger partial charge on any atom is -0.460 e.